The van der Waals surface area contributed by atoms with Gasteiger partial charge in [-0.15, -0.1) is 11.8 Å². The Morgan fingerprint density at radius 1 is 1.30 bits per heavy atom. The second-order valence-electron chi connectivity index (χ2n) is 6.27. The monoisotopic (exact) mass is 331 g/mol. The summed E-state index contributed by atoms with van der Waals surface area (Å²) in [6.45, 7) is 2.81. The van der Waals surface area contributed by atoms with Crippen molar-refractivity contribution in [2.24, 2.45) is 0 Å². The van der Waals surface area contributed by atoms with Gasteiger partial charge in [0.1, 0.15) is 5.37 Å². The number of thioether (sulfide) groups is 1. The van der Waals surface area contributed by atoms with Crippen molar-refractivity contribution in [1.82, 2.24) is 14.6 Å². The smallest absolute Gasteiger partial charge is 0.307 e. The van der Waals surface area contributed by atoms with Crippen LogP contribution in [0.3, 0.4) is 0 Å². The summed E-state index contributed by atoms with van der Waals surface area (Å²) in [5, 5.41) is 13.3. The van der Waals surface area contributed by atoms with Gasteiger partial charge in [-0.05, 0) is 36.6 Å². The molecule has 1 aliphatic rings. The Bertz CT molecular complexity index is 640. The minimum atomic E-state index is -0.324. The van der Waals surface area contributed by atoms with Crippen LogP contribution in [0.5, 0.6) is 0 Å². The van der Waals surface area contributed by atoms with Crippen LogP contribution in [0.15, 0.2) is 30.5 Å². The Morgan fingerprint density at radius 2 is 2.09 bits per heavy atom. The molecule has 0 radical (unpaired) electrons. The van der Waals surface area contributed by atoms with Crippen LogP contribution in [0, 0.1) is 5.21 Å². The first-order valence-corrected chi connectivity index (χ1v) is 9.72. The molecule has 4 nitrogen and oxygen atoms in total. The number of hydrogen-bond donors (Lipinski definition) is 1. The zero-order valence-electron chi connectivity index (χ0n) is 13.9. The van der Waals surface area contributed by atoms with Gasteiger partial charge in [-0.25, -0.2) is 0 Å². The van der Waals surface area contributed by atoms with E-state index in [-0.39, 0.29) is 10.0 Å². The topological polar surface area (TPSA) is 51.7 Å². The van der Waals surface area contributed by atoms with E-state index in [2.05, 4.69) is 41.2 Å². The first kappa shape index (κ1) is 16.6. The van der Waals surface area contributed by atoms with Crippen molar-refractivity contribution in [3.8, 4) is 11.3 Å². The minimum Gasteiger partial charge on any atom is -0.624 e. The number of aromatic nitrogens is 2. The Hall–Kier alpha value is -1.30. The quantitative estimate of drug-likeness (QED) is 0.638. The van der Waals surface area contributed by atoms with E-state index in [4.69, 9.17) is 0 Å². The van der Waals surface area contributed by atoms with E-state index in [1.165, 1.54) is 5.56 Å². The molecule has 124 valence electrons. The number of benzene rings is 1. The molecule has 3 rings (SSSR count). The molecule has 2 heterocycles. The molecule has 1 aromatic heterocycles. The van der Waals surface area contributed by atoms with Crippen LogP contribution in [0.25, 0.3) is 11.3 Å². The molecule has 1 N–H and O–H groups in total. The number of rotatable bonds is 5. The van der Waals surface area contributed by atoms with Crippen molar-refractivity contribution in [2.75, 3.05) is 12.8 Å². The molecule has 0 spiro atoms. The van der Waals surface area contributed by atoms with Gasteiger partial charge in [-0.2, -0.15) is 4.98 Å². The first-order valence-electron chi connectivity index (χ1n) is 8.44. The molecule has 2 aromatic rings. The van der Waals surface area contributed by atoms with Gasteiger partial charge >= 0.3 is 5.95 Å². The standard InChI is InChI=1S/C18H25N3OS/c1-3-6-14-8-10-15(11-9-14)16-13-19-18(20-16)21(22)12-5-4-7-17(21)23-2/h8-11,13,17H,3-7,12H2,1-2H3,(H,19,20). The van der Waals surface area contributed by atoms with Crippen LogP contribution >= 0.6 is 11.8 Å². The fourth-order valence-corrected chi connectivity index (χ4v) is 4.29. The Labute approximate surface area is 142 Å². The third-order valence-electron chi connectivity index (χ3n) is 4.65. The van der Waals surface area contributed by atoms with Gasteiger partial charge in [0, 0.05) is 6.42 Å². The predicted octanol–water partition coefficient (Wildman–Crippen LogP) is 4.71. The maximum absolute atomic E-state index is 13.3. The highest BCUT2D eigenvalue weighted by atomic mass is 32.2. The van der Waals surface area contributed by atoms with Gasteiger partial charge in [0.25, 0.3) is 0 Å². The number of aryl methyl sites for hydroxylation is 1. The normalized spacial score (nSPS) is 24.7. The van der Waals surface area contributed by atoms with Gasteiger partial charge in [-0.3, -0.25) is 9.63 Å². The molecule has 0 amide bonds. The summed E-state index contributed by atoms with van der Waals surface area (Å²) in [5.74, 6) is 0.552. The van der Waals surface area contributed by atoms with Gasteiger partial charge in [-0.1, -0.05) is 37.6 Å². The number of imidazole rings is 1. The van der Waals surface area contributed by atoms with Crippen molar-refractivity contribution in [2.45, 2.75) is 44.4 Å². The lowest BCUT2D eigenvalue weighted by Gasteiger charge is -2.47. The second kappa shape index (κ2) is 7.07. The lowest BCUT2D eigenvalue weighted by atomic mass is 10.1. The first-order chi connectivity index (χ1) is 11.2. The third kappa shape index (κ3) is 3.32. The molecule has 0 saturated carbocycles. The number of nitrogens with zero attached hydrogens (tertiary/aromatic N) is 2. The number of nitrogens with one attached hydrogen (secondary N) is 1. The minimum absolute atomic E-state index is 0.0506. The number of piperidine rings is 1. The maximum Gasteiger partial charge on any atom is 0.307 e. The number of hydroxylamine groups is 2. The molecule has 23 heavy (non-hydrogen) atoms. The highest BCUT2D eigenvalue weighted by Gasteiger charge is 2.36. The molecule has 1 saturated heterocycles. The summed E-state index contributed by atoms with van der Waals surface area (Å²) in [7, 11) is 0. The van der Waals surface area contributed by atoms with Crippen LogP contribution in [0.2, 0.25) is 0 Å². The van der Waals surface area contributed by atoms with E-state index >= 15 is 0 Å². The molecule has 1 aliphatic heterocycles. The van der Waals surface area contributed by atoms with Gasteiger partial charge in [0.2, 0.25) is 0 Å². The zero-order valence-corrected chi connectivity index (χ0v) is 14.7. The summed E-state index contributed by atoms with van der Waals surface area (Å²) >= 11 is 1.66. The summed E-state index contributed by atoms with van der Waals surface area (Å²) < 4.78 is -0.324. The van der Waals surface area contributed by atoms with E-state index in [1.54, 1.807) is 18.0 Å². The Morgan fingerprint density at radius 3 is 2.78 bits per heavy atom. The van der Waals surface area contributed by atoms with E-state index in [9.17, 15) is 5.21 Å². The van der Waals surface area contributed by atoms with Crippen molar-refractivity contribution < 1.29 is 0 Å². The van der Waals surface area contributed by atoms with Gasteiger partial charge in [0.15, 0.2) is 0 Å². The predicted molar refractivity (Wildman–Crippen MR) is 99.2 cm³/mol. The molecule has 1 aromatic carbocycles. The number of hydrogen-bond acceptors (Lipinski definition) is 3. The van der Waals surface area contributed by atoms with E-state index in [0.29, 0.717) is 12.5 Å². The van der Waals surface area contributed by atoms with Crippen LogP contribution in [0.1, 0.15) is 38.2 Å². The molecular weight excluding hydrogens is 306 g/mol. The SMILES string of the molecule is CCCc1ccc(-c2cnc([N+]3([O-])CCCCC3SC)[nH]2)cc1. The lowest BCUT2D eigenvalue weighted by molar-refractivity contribution is 0.271. The van der Waals surface area contributed by atoms with Crippen molar-refractivity contribution >= 4 is 17.7 Å². The molecule has 5 heteroatoms. The largest absolute Gasteiger partial charge is 0.624 e. The van der Waals surface area contributed by atoms with Gasteiger partial charge in [0.05, 0.1) is 18.4 Å². The summed E-state index contributed by atoms with van der Waals surface area (Å²) in [6, 6.07) is 8.54. The zero-order chi connectivity index (χ0) is 16.3. The lowest BCUT2D eigenvalue weighted by Crippen LogP contribution is -2.53. The van der Waals surface area contributed by atoms with E-state index in [1.807, 2.05) is 6.26 Å². The number of aromatic amines is 1. The maximum atomic E-state index is 13.3. The molecule has 1 fully saturated rings. The average Bonchev–Trinajstić information content (AvgIpc) is 3.07. The summed E-state index contributed by atoms with van der Waals surface area (Å²) in [6.07, 6.45) is 9.16. The molecular formula is C18H25N3OS. The third-order valence-corrected chi connectivity index (χ3v) is 5.77. The number of H-pyrrole nitrogens is 1. The Balaban J connectivity index is 1.84. The van der Waals surface area contributed by atoms with Crippen molar-refractivity contribution in [3.05, 3.63) is 41.2 Å². The highest BCUT2D eigenvalue weighted by molar-refractivity contribution is 7.99. The second-order valence-corrected chi connectivity index (χ2v) is 7.29. The van der Waals surface area contributed by atoms with E-state index < -0.39 is 0 Å². The fourth-order valence-electron chi connectivity index (χ4n) is 3.34. The van der Waals surface area contributed by atoms with Crippen LogP contribution in [0.4, 0.5) is 5.95 Å². The van der Waals surface area contributed by atoms with Crippen molar-refractivity contribution in [1.29, 1.82) is 0 Å². The highest BCUT2D eigenvalue weighted by Crippen LogP contribution is 2.36. The average molecular weight is 331 g/mol. The molecule has 0 bridgehead atoms. The van der Waals surface area contributed by atoms with E-state index in [0.717, 1.165) is 43.4 Å². The van der Waals surface area contributed by atoms with Crippen LogP contribution < -0.4 is 4.65 Å². The summed E-state index contributed by atoms with van der Waals surface area (Å²) in [4.78, 5) is 7.73. The van der Waals surface area contributed by atoms with Gasteiger partial charge < -0.3 is 5.21 Å². The van der Waals surface area contributed by atoms with Crippen LogP contribution in [-0.4, -0.2) is 28.1 Å². The molecule has 2 unspecified atom stereocenters. The Kier molecular flexibility index (Phi) is 5.09. The van der Waals surface area contributed by atoms with Crippen LogP contribution in [-0.2, 0) is 6.42 Å². The fraction of sp³-hybridized carbons (Fsp3) is 0.500. The number of quaternary nitrogens is 1. The summed E-state index contributed by atoms with van der Waals surface area (Å²) in [5.41, 5.74) is 3.37. The molecule has 0 aliphatic carbocycles. The molecule has 2 atom stereocenters. The van der Waals surface area contributed by atoms with Crippen molar-refractivity contribution in [3.63, 3.8) is 0 Å².